The highest BCUT2D eigenvalue weighted by atomic mass is 32.1. The molecule has 18 heavy (non-hydrogen) atoms. The molecule has 0 saturated heterocycles. The number of hydrogen-bond donors (Lipinski definition) is 1. The standard InChI is InChI=1S/C15H22N2S/c1-11-9-14(12(2)18-11)15(10-16)17-13-7-5-3-4-6-8-13/h9,13,15,17H,3-8H2,1-2H3. The van der Waals surface area contributed by atoms with Gasteiger partial charge in [0.2, 0.25) is 0 Å². The Morgan fingerprint density at radius 2 is 1.94 bits per heavy atom. The van der Waals surface area contributed by atoms with E-state index in [9.17, 15) is 5.26 Å². The smallest absolute Gasteiger partial charge is 0.122 e. The number of rotatable bonds is 3. The largest absolute Gasteiger partial charge is 0.295 e. The summed E-state index contributed by atoms with van der Waals surface area (Å²) < 4.78 is 0. The van der Waals surface area contributed by atoms with E-state index in [1.807, 2.05) is 0 Å². The maximum atomic E-state index is 9.41. The molecule has 1 aromatic heterocycles. The molecule has 0 bridgehead atoms. The molecule has 2 nitrogen and oxygen atoms in total. The molecule has 1 heterocycles. The summed E-state index contributed by atoms with van der Waals surface area (Å²) in [5.74, 6) is 0. The summed E-state index contributed by atoms with van der Waals surface area (Å²) in [7, 11) is 0. The first-order chi connectivity index (χ1) is 8.70. The zero-order valence-corrected chi connectivity index (χ0v) is 12.1. The zero-order valence-electron chi connectivity index (χ0n) is 11.3. The van der Waals surface area contributed by atoms with E-state index in [-0.39, 0.29) is 6.04 Å². The second-order valence-corrected chi connectivity index (χ2v) is 6.75. The van der Waals surface area contributed by atoms with Crippen LogP contribution in [0.25, 0.3) is 0 Å². The molecular weight excluding hydrogens is 240 g/mol. The third kappa shape index (κ3) is 3.34. The summed E-state index contributed by atoms with van der Waals surface area (Å²) in [4.78, 5) is 2.57. The number of thiophene rings is 1. The Balaban J connectivity index is 2.05. The summed E-state index contributed by atoms with van der Waals surface area (Å²) >= 11 is 1.79. The SMILES string of the molecule is Cc1cc(C(C#N)NC2CCCCCC2)c(C)s1. The summed E-state index contributed by atoms with van der Waals surface area (Å²) in [6.07, 6.45) is 7.76. The molecule has 1 aliphatic rings. The Morgan fingerprint density at radius 1 is 1.28 bits per heavy atom. The Labute approximate surface area is 114 Å². The number of hydrogen-bond acceptors (Lipinski definition) is 3. The van der Waals surface area contributed by atoms with Crippen molar-refractivity contribution in [1.29, 1.82) is 5.26 Å². The normalized spacial score (nSPS) is 19.2. The van der Waals surface area contributed by atoms with Gasteiger partial charge in [0, 0.05) is 15.8 Å². The molecule has 0 radical (unpaired) electrons. The minimum atomic E-state index is -0.127. The molecule has 1 N–H and O–H groups in total. The van der Waals surface area contributed by atoms with Crippen LogP contribution in [0.2, 0.25) is 0 Å². The Kier molecular flexibility index (Phi) is 4.79. The van der Waals surface area contributed by atoms with Crippen molar-refractivity contribution in [2.75, 3.05) is 0 Å². The fourth-order valence-corrected chi connectivity index (χ4v) is 3.78. The average molecular weight is 262 g/mol. The van der Waals surface area contributed by atoms with E-state index in [1.165, 1.54) is 53.8 Å². The predicted molar refractivity (Wildman–Crippen MR) is 76.8 cm³/mol. The third-order valence-corrected chi connectivity index (χ3v) is 4.76. The maximum Gasteiger partial charge on any atom is 0.122 e. The lowest BCUT2D eigenvalue weighted by atomic mass is 10.0. The molecule has 0 aromatic carbocycles. The highest BCUT2D eigenvalue weighted by molar-refractivity contribution is 7.12. The summed E-state index contributed by atoms with van der Waals surface area (Å²) in [6, 6.07) is 5.00. The lowest BCUT2D eigenvalue weighted by Gasteiger charge is -2.20. The Hall–Kier alpha value is -0.850. The van der Waals surface area contributed by atoms with Gasteiger partial charge in [-0.15, -0.1) is 11.3 Å². The van der Waals surface area contributed by atoms with E-state index in [4.69, 9.17) is 0 Å². The highest BCUT2D eigenvalue weighted by Gasteiger charge is 2.20. The molecule has 3 heteroatoms. The monoisotopic (exact) mass is 262 g/mol. The van der Waals surface area contributed by atoms with Crippen LogP contribution in [-0.4, -0.2) is 6.04 Å². The van der Waals surface area contributed by atoms with Crippen LogP contribution < -0.4 is 5.32 Å². The van der Waals surface area contributed by atoms with Crippen LogP contribution in [0.15, 0.2) is 6.07 Å². The van der Waals surface area contributed by atoms with Gasteiger partial charge in [-0.1, -0.05) is 25.7 Å². The van der Waals surface area contributed by atoms with E-state index in [2.05, 4.69) is 31.3 Å². The van der Waals surface area contributed by atoms with Gasteiger partial charge < -0.3 is 0 Å². The van der Waals surface area contributed by atoms with Crippen LogP contribution in [0.5, 0.6) is 0 Å². The fourth-order valence-electron chi connectivity index (χ4n) is 2.82. The zero-order chi connectivity index (χ0) is 13.0. The Morgan fingerprint density at radius 3 is 2.44 bits per heavy atom. The number of aryl methyl sites for hydroxylation is 2. The highest BCUT2D eigenvalue weighted by Crippen LogP contribution is 2.28. The van der Waals surface area contributed by atoms with E-state index in [0.717, 1.165) is 0 Å². The van der Waals surface area contributed by atoms with Crippen molar-refractivity contribution in [1.82, 2.24) is 5.32 Å². The lowest BCUT2D eigenvalue weighted by molar-refractivity contribution is 0.436. The van der Waals surface area contributed by atoms with Gasteiger partial charge >= 0.3 is 0 Å². The van der Waals surface area contributed by atoms with Crippen LogP contribution in [0, 0.1) is 25.2 Å². The minimum Gasteiger partial charge on any atom is -0.295 e. The number of nitriles is 1. The van der Waals surface area contributed by atoms with Crippen LogP contribution in [0.1, 0.15) is 59.9 Å². The third-order valence-electron chi connectivity index (χ3n) is 3.78. The topological polar surface area (TPSA) is 35.8 Å². The molecule has 1 atom stereocenters. The van der Waals surface area contributed by atoms with Crippen molar-refractivity contribution in [3.63, 3.8) is 0 Å². The first-order valence-corrected chi connectivity index (χ1v) is 7.75. The Bertz CT molecular complexity index is 422. The van der Waals surface area contributed by atoms with Crippen molar-refractivity contribution in [3.8, 4) is 6.07 Å². The van der Waals surface area contributed by atoms with Gasteiger partial charge in [0.1, 0.15) is 6.04 Å². The van der Waals surface area contributed by atoms with Crippen LogP contribution in [0.4, 0.5) is 0 Å². The minimum absolute atomic E-state index is 0.127. The average Bonchev–Trinajstić information content (AvgIpc) is 2.57. The summed E-state index contributed by atoms with van der Waals surface area (Å²) in [5, 5.41) is 13.0. The van der Waals surface area contributed by atoms with Gasteiger partial charge in [0.05, 0.1) is 6.07 Å². The van der Waals surface area contributed by atoms with Crippen molar-refractivity contribution >= 4 is 11.3 Å². The van der Waals surface area contributed by atoms with Gasteiger partial charge in [-0.2, -0.15) is 5.26 Å². The molecule has 0 aliphatic heterocycles. The molecule has 1 aromatic rings. The van der Waals surface area contributed by atoms with Crippen LogP contribution in [-0.2, 0) is 0 Å². The maximum absolute atomic E-state index is 9.41. The second kappa shape index (κ2) is 6.36. The molecule has 1 fully saturated rings. The summed E-state index contributed by atoms with van der Waals surface area (Å²) in [5.41, 5.74) is 1.18. The number of nitrogens with one attached hydrogen (secondary N) is 1. The van der Waals surface area contributed by atoms with Crippen molar-refractivity contribution in [2.45, 2.75) is 64.5 Å². The molecule has 2 rings (SSSR count). The molecule has 1 saturated carbocycles. The second-order valence-electron chi connectivity index (χ2n) is 5.29. The predicted octanol–water partition coefficient (Wildman–Crippen LogP) is 4.24. The van der Waals surface area contributed by atoms with Crippen molar-refractivity contribution in [3.05, 3.63) is 21.4 Å². The number of nitrogens with zero attached hydrogens (tertiary/aromatic N) is 1. The van der Waals surface area contributed by atoms with E-state index in [1.54, 1.807) is 11.3 Å². The molecule has 1 unspecified atom stereocenters. The molecular formula is C15H22N2S. The van der Waals surface area contributed by atoms with Gasteiger partial charge in [0.25, 0.3) is 0 Å². The lowest BCUT2D eigenvalue weighted by Crippen LogP contribution is -2.31. The van der Waals surface area contributed by atoms with Crippen molar-refractivity contribution < 1.29 is 0 Å². The first-order valence-electron chi connectivity index (χ1n) is 6.93. The quantitative estimate of drug-likeness (QED) is 0.827. The van der Waals surface area contributed by atoms with E-state index < -0.39 is 0 Å². The summed E-state index contributed by atoms with van der Waals surface area (Å²) in [6.45, 7) is 4.23. The van der Waals surface area contributed by atoms with Crippen molar-refractivity contribution in [2.24, 2.45) is 0 Å². The van der Waals surface area contributed by atoms with E-state index in [0.29, 0.717) is 6.04 Å². The molecule has 98 valence electrons. The fraction of sp³-hybridized carbons (Fsp3) is 0.667. The van der Waals surface area contributed by atoms with Crippen LogP contribution >= 0.6 is 11.3 Å². The molecule has 1 aliphatic carbocycles. The van der Waals surface area contributed by atoms with Gasteiger partial charge in [0.15, 0.2) is 0 Å². The van der Waals surface area contributed by atoms with Crippen LogP contribution in [0.3, 0.4) is 0 Å². The first kappa shape index (κ1) is 13.6. The van der Waals surface area contributed by atoms with Gasteiger partial charge in [-0.3, -0.25) is 5.32 Å². The van der Waals surface area contributed by atoms with E-state index >= 15 is 0 Å². The molecule has 0 amide bonds. The van der Waals surface area contributed by atoms with Gasteiger partial charge in [-0.25, -0.2) is 0 Å². The molecule has 0 spiro atoms. The van der Waals surface area contributed by atoms with Gasteiger partial charge in [-0.05, 0) is 38.3 Å².